The highest BCUT2D eigenvalue weighted by atomic mass is 16.5. The molecule has 0 heterocycles. The number of rotatable bonds is 9. The number of benzene rings is 2. The first kappa shape index (κ1) is 23.6. The number of ether oxygens (including phenoxy) is 1. The number of likely N-dealkylation sites (N-methyl/N-ethyl adjacent to an activating group) is 1. The first-order valence-electron chi connectivity index (χ1n) is 10.1. The lowest BCUT2D eigenvalue weighted by Crippen LogP contribution is -2.41. The maximum absolute atomic E-state index is 12.1. The zero-order valence-corrected chi connectivity index (χ0v) is 18.0. The highest BCUT2D eigenvalue weighted by molar-refractivity contribution is 6.34. The van der Waals surface area contributed by atoms with Crippen LogP contribution in [0, 0.1) is 0 Å². The zero-order valence-electron chi connectivity index (χ0n) is 18.0. The van der Waals surface area contributed by atoms with Crippen molar-refractivity contribution in [1.29, 1.82) is 0 Å². The molecule has 0 aromatic heterocycles. The molecule has 8 heteroatoms. The number of carbonyl (C=O) groups is 3. The Morgan fingerprint density at radius 1 is 1.03 bits per heavy atom. The van der Waals surface area contributed by atoms with Gasteiger partial charge in [0.2, 0.25) is 0 Å². The van der Waals surface area contributed by atoms with E-state index in [0.29, 0.717) is 24.4 Å². The maximum atomic E-state index is 12.1. The Labute approximate surface area is 182 Å². The molecule has 0 spiro atoms. The second kappa shape index (κ2) is 12.1. The Hall–Kier alpha value is -3.68. The first-order valence-corrected chi connectivity index (χ1v) is 10.1. The molecule has 3 amide bonds. The minimum absolute atomic E-state index is 0.103. The van der Waals surface area contributed by atoms with Crippen LogP contribution in [0.25, 0.3) is 0 Å². The molecule has 2 rings (SSSR count). The standard InChI is InChI=1S/C23H28N4O4/c1-4-27(5-2)23(30)22(29)26-24-15-18-11-13-20(14-12-18)31-16-21(28)25-17(3)19-9-7-6-8-10-19/h6-15,17H,4-5,16H2,1-3H3,(H,25,28)(H,26,29)/b24-15-/t17-/m0/s1. The van der Waals surface area contributed by atoms with E-state index in [1.165, 1.54) is 11.1 Å². The molecule has 31 heavy (non-hydrogen) atoms. The van der Waals surface area contributed by atoms with Crippen LogP contribution in [0.2, 0.25) is 0 Å². The van der Waals surface area contributed by atoms with E-state index in [9.17, 15) is 14.4 Å². The molecule has 0 bridgehead atoms. The van der Waals surface area contributed by atoms with Crippen LogP contribution in [0.15, 0.2) is 59.7 Å². The minimum atomic E-state index is -0.782. The maximum Gasteiger partial charge on any atom is 0.329 e. The second-order valence-electron chi connectivity index (χ2n) is 6.73. The van der Waals surface area contributed by atoms with Crippen molar-refractivity contribution in [2.75, 3.05) is 19.7 Å². The van der Waals surface area contributed by atoms with Crippen LogP contribution in [0.3, 0.4) is 0 Å². The van der Waals surface area contributed by atoms with E-state index in [4.69, 9.17) is 4.74 Å². The van der Waals surface area contributed by atoms with Crippen molar-refractivity contribution < 1.29 is 19.1 Å². The summed E-state index contributed by atoms with van der Waals surface area (Å²) < 4.78 is 5.51. The highest BCUT2D eigenvalue weighted by Gasteiger charge is 2.18. The predicted octanol–water partition coefficient (Wildman–Crippen LogP) is 2.26. The van der Waals surface area contributed by atoms with E-state index in [1.54, 1.807) is 38.1 Å². The van der Waals surface area contributed by atoms with E-state index in [2.05, 4.69) is 15.8 Å². The molecule has 0 aliphatic carbocycles. The minimum Gasteiger partial charge on any atom is -0.484 e. The van der Waals surface area contributed by atoms with E-state index in [1.807, 2.05) is 37.3 Å². The first-order chi connectivity index (χ1) is 14.9. The third-order valence-electron chi connectivity index (χ3n) is 4.55. The molecule has 0 aliphatic heterocycles. The van der Waals surface area contributed by atoms with Crippen LogP contribution in [-0.2, 0) is 14.4 Å². The lowest BCUT2D eigenvalue weighted by molar-refractivity contribution is -0.145. The van der Waals surface area contributed by atoms with Gasteiger partial charge in [-0.25, -0.2) is 5.43 Å². The van der Waals surface area contributed by atoms with Crippen molar-refractivity contribution in [2.45, 2.75) is 26.8 Å². The SMILES string of the molecule is CCN(CC)C(=O)C(=O)N/N=C\c1ccc(OCC(=O)N[C@@H](C)c2ccccc2)cc1. The molecule has 2 aromatic rings. The fraction of sp³-hybridized carbons (Fsp3) is 0.304. The molecule has 0 saturated heterocycles. The van der Waals surface area contributed by atoms with Gasteiger partial charge in [0.05, 0.1) is 12.3 Å². The van der Waals surface area contributed by atoms with Crippen LogP contribution in [0.5, 0.6) is 5.75 Å². The summed E-state index contributed by atoms with van der Waals surface area (Å²) in [7, 11) is 0. The Bertz CT molecular complexity index is 894. The Balaban J connectivity index is 1.78. The average molecular weight is 425 g/mol. The fourth-order valence-corrected chi connectivity index (χ4v) is 2.77. The number of hydrogen-bond acceptors (Lipinski definition) is 5. The Morgan fingerprint density at radius 2 is 1.68 bits per heavy atom. The van der Waals surface area contributed by atoms with Gasteiger partial charge in [-0.05, 0) is 56.2 Å². The van der Waals surface area contributed by atoms with E-state index in [-0.39, 0.29) is 18.6 Å². The summed E-state index contributed by atoms with van der Waals surface area (Å²) >= 11 is 0. The van der Waals surface area contributed by atoms with Gasteiger partial charge in [0, 0.05) is 13.1 Å². The summed E-state index contributed by atoms with van der Waals surface area (Å²) in [5.41, 5.74) is 3.94. The van der Waals surface area contributed by atoms with Gasteiger partial charge < -0.3 is 15.0 Å². The van der Waals surface area contributed by atoms with Crippen molar-refractivity contribution in [3.63, 3.8) is 0 Å². The Morgan fingerprint density at radius 3 is 2.29 bits per heavy atom. The molecule has 0 unspecified atom stereocenters. The molecule has 164 valence electrons. The van der Waals surface area contributed by atoms with Crippen LogP contribution >= 0.6 is 0 Å². The van der Waals surface area contributed by atoms with Gasteiger partial charge >= 0.3 is 11.8 Å². The van der Waals surface area contributed by atoms with Crippen molar-refractivity contribution in [3.8, 4) is 5.75 Å². The summed E-state index contributed by atoms with van der Waals surface area (Å²) in [5, 5.41) is 6.69. The van der Waals surface area contributed by atoms with Crippen LogP contribution < -0.4 is 15.5 Å². The van der Waals surface area contributed by atoms with Gasteiger partial charge in [-0.15, -0.1) is 0 Å². The third-order valence-corrected chi connectivity index (χ3v) is 4.55. The number of nitrogens with zero attached hydrogens (tertiary/aromatic N) is 2. The molecule has 0 radical (unpaired) electrons. The molecule has 8 nitrogen and oxygen atoms in total. The van der Waals surface area contributed by atoms with Gasteiger partial charge in [-0.3, -0.25) is 14.4 Å². The summed E-state index contributed by atoms with van der Waals surface area (Å²) in [6.45, 7) is 6.32. The van der Waals surface area contributed by atoms with Crippen molar-refractivity contribution in [3.05, 3.63) is 65.7 Å². The molecule has 0 saturated carbocycles. The van der Waals surface area contributed by atoms with Gasteiger partial charge in [0.15, 0.2) is 6.61 Å². The van der Waals surface area contributed by atoms with Gasteiger partial charge in [-0.1, -0.05) is 30.3 Å². The van der Waals surface area contributed by atoms with E-state index < -0.39 is 11.8 Å². The lowest BCUT2D eigenvalue weighted by Gasteiger charge is -2.16. The van der Waals surface area contributed by atoms with Crippen molar-refractivity contribution in [1.82, 2.24) is 15.6 Å². The summed E-state index contributed by atoms with van der Waals surface area (Å²) in [4.78, 5) is 37.1. The summed E-state index contributed by atoms with van der Waals surface area (Å²) in [6, 6.07) is 16.4. The van der Waals surface area contributed by atoms with Gasteiger partial charge in [0.25, 0.3) is 5.91 Å². The van der Waals surface area contributed by atoms with Crippen molar-refractivity contribution in [2.24, 2.45) is 5.10 Å². The molecular weight excluding hydrogens is 396 g/mol. The molecule has 2 N–H and O–H groups in total. The number of carbonyl (C=O) groups excluding carboxylic acids is 3. The zero-order chi connectivity index (χ0) is 22.6. The molecule has 2 aromatic carbocycles. The third kappa shape index (κ3) is 7.58. The fourth-order valence-electron chi connectivity index (χ4n) is 2.77. The van der Waals surface area contributed by atoms with Crippen LogP contribution in [0.1, 0.15) is 37.9 Å². The highest BCUT2D eigenvalue weighted by Crippen LogP contribution is 2.13. The lowest BCUT2D eigenvalue weighted by atomic mass is 10.1. The molecule has 1 atom stereocenters. The second-order valence-corrected chi connectivity index (χ2v) is 6.73. The molecular formula is C23H28N4O4. The quantitative estimate of drug-likeness (QED) is 0.366. The van der Waals surface area contributed by atoms with Crippen LogP contribution in [0.4, 0.5) is 0 Å². The molecule has 0 fully saturated rings. The normalized spacial score (nSPS) is 11.6. The van der Waals surface area contributed by atoms with E-state index in [0.717, 1.165) is 5.56 Å². The smallest absolute Gasteiger partial charge is 0.329 e. The summed E-state index contributed by atoms with van der Waals surface area (Å²) in [5.74, 6) is -1.09. The monoisotopic (exact) mass is 424 g/mol. The van der Waals surface area contributed by atoms with Crippen molar-refractivity contribution >= 4 is 23.9 Å². The number of amides is 3. The average Bonchev–Trinajstić information content (AvgIpc) is 2.79. The molecule has 0 aliphatic rings. The van der Waals surface area contributed by atoms with Gasteiger partial charge in [0.1, 0.15) is 5.75 Å². The topological polar surface area (TPSA) is 100 Å². The van der Waals surface area contributed by atoms with Gasteiger partial charge in [-0.2, -0.15) is 5.10 Å². The largest absolute Gasteiger partial charge is 0.484 e. The predicted molar refractivity (Wildman–Crippen MR) is 119 cm³/mol. The number of nitrogens with one attached hydrogen (secondary N) is 2. The summed E-state index contributed by atoms with van der Waals surface area (Å²) in [6.07, 6.45) is 1.42. The van der Waals surface area contributed by atoms with E-state index >= 15 is 0 Å². The van der Waals surface area contributed by atoms with Crippen LogP contribution in [-0.4, -0.2) is 48.5 Å². The Kier molecular flexibility index (Phi) is 9.22. The number of hydrazone groups is 1. The number of hydrogen-bond donors (Lipinski definition) is 2.